The number of methoxy groups -OCH3 is 1. The number of aromatic nitrogens is 2. The number of ether oxygens (including phenoxy) is 1. The van der Waals surface area contributed by atoms with E-state index in [2.05, 4.69) is 15.7 Å². The average Bonchev–Trinajstić information content (AvgIpc) is 3.23. The maximum absolute atomic E-state index is 14.3. The minimum absolute atomic E-state index is 0.0491. The Kier molecular flexibility index (Phi) is 7.71. The maximum Gasteiger partial charge on any atom is 0.272 e. The Bertz CT molecular complexity index is 1170. The van der Waals surface area contributed by atoms with Crippen molar-refractivity contribution in [2.24, 2.45) is 0 Å². The number of carbonyl (C=O) groups is 2. The Morgan fingerprint density at radius 2 is 1.82 bits per heavy atom. The number of aryl methyl sites for hydroxylation is 1. The lowest BCUT2D eigenvalue weighted by atomic mass is 9.96. The molecular weight excluding hydrogens is 435 g/mol. The highest BCUT2D eigenvalue weighted by Crippen LogP contribution is 2.24. The minimum Gasteiger partial charge on any atom is -0.481 e. The maximum atomic E-state index is 14.3. The summed E-state index contributed by atoms with van der Waals surface area (Å²) < 4.78 is 20.9. The zero-order chi connectivity index (χ0) is 24.9. The summed E-state index contributed by atoms with van der Waals surface area (Å²) in [5, 5.41) is 10.2. The molecule has 0 saturated carbocycles. The summed E-state index contributed by atoms with van der Waals surface area (Å²) in [6, 6.07) is 14.5. The van der Waals surface area contributed by atoms with E-state index in [9.17, 15) is 14.0 Å². The minimum atomic E-state index is -0.578. The smallest absolute Gasteiger partial charge is 0.272 e. The van der Waals surface area contributed by atoms with Gasteiger partial charge >= 0.3 is 0 Å². The second kappa shape index (κ2) is 10.5. The van der Waals surface area contributed by atoms with Crippen molar-refractivity contribution in [1.82, 2.24) is 20.4 Å². The Morgan fingerprint density at radius 1 is 1.15 bits per heavy atom. The molecule has 2 aromatic carbocycles. The summed E-state index contributed by atoms with van der Waals surface area (Å²) in [6.45, 7) is 7.83. The van der Waals surface area contributed by atoms with Crippen LogP contribution in [0.15, 0.2) is 54.6 Å². The van der Waals surface area contributed by atoms with E-state index in [0.717, 1.165) is 17.5 Å². The van der Waals surface area contributed by atoms with E-state index < -0.39 is 17.8 Å². The molecule has 8 heteroatoms. The summed E-state index contributed by atoms with van der Waals surface area (Å²) in [4.78, 5) is 26.0. The third-order valence-electron chi connectivity index (χ3n) is 5.82. The molecule has 0 aliphatic carbocycles. The number of benzene rings is 2. The van der Waals surface area contributed by atoms with Crippen LogP contribution >= 0.6 is 0 Å². The number of halogens is 1. The zero-order valence-corrected chi connectivity index (χ0v) is 20.2. The fourth-order valence-corrected chi connectivity index (χ4v) is 3.57. The summed E-state index contributed by atoms with van der Waals surface area (Å²) in [5.74, 6) is -0.951. The topological polar surface area (TPSA) is 85.3 Å². The summed E-state index contributed by atoms with van der Waals surface area (Å²) >= 11 is 0. The first-order valence-corrected chi connectivity index (χ1v) is 11.2. The number of carbonyl (C=O) groups excluding carboxylic acids is 2. The molecule has 34 heavy (non-hydrogen) atoms. The molecule has 3 rings (SSSR count). The van der Waals surface area contributed by atoms with Gasteiger partial charge in [0.25, 0.3) is 5.91 Å². The molecule has 1 atom stereocenters. The molecule has 1 heterocycles. The average molecular weight is 467 g/mol. The lowest BCUT2D eigenvalue weighted by molar-refractivity contribution is -0.123. The molecule has 180 valence electrons. The number of nitrogens with zero attached hydrogens (tertiary/aromatic N) is 2. The number of rotatable bonds is 9. The van der Waals surface area contributed by atoms with Crippen LogP contribution < -0.4 is 15.4 Å². The van der Waals surface area contributed by atoms with Crippen LogP contribution in [0.2, 0.25) is 0 Å². The van der Waals surface area contributed by atoms with Gasteiger partial charge in [0.2, 0.25) is 11.8 Å². The SMILES string of the molecule is CCC(C)(C)NC(=O)C[C@H](NC(=O)c1cc(OC)n(-c2ccccc2F)n1)c1ccccc1C. The van der Waals surface area contributed by atoms with Crippen molar-refractivity contribution in [2.45, 2.75) is 52.1 Å². The van der Waals surface area contributed by atoms with Gasteiger partial charge in [0.15, 0.2) is 5.69 Å². The van der Waals surface area contributed by atoms with Gasteiger partial charge in [-0.05, 0) is 50.5 Å². The molecule has 3 aromatic rings. The summed E-state index contributed by atoms with van der Waals surface area (Å²) in [7, 11) is 1.42. The van der Waals surface area contributed by atoms with Gasteiger partial charge < -0.3 is 15.4 Å². The lowest BCUT2D eigenvalue weighted by Gasteiger charge is -2.27. The molecule has 1 aromatic heterocycles. The van der Waals surface area contributed by atoms with Crippen LogP contribution in [-0.4, -0.2) is 34.2 Å². The van der Waals surface area contributed by atoms with Crippen molar-refractivity contribution >= 4 is 11.8 Å². The van der Waals surface area contributed by atoms with Gasteiger partial charge in [0, 0.05) is 11.6 Å². The summed E-state index contributed by atoms with van der Waals surface area (Å²) in [5.41, 5.74) is 1.64. The molecule has 2 N–H and O–H groups in total. The Labute approximate surface area is 199 Å². The molecular formula is C26H31FN4O3. The second-order valence-electron chi connectivity index (χ2n) is 8.81. The van der Waals surface area contributed by atoms with E-state index in [1.54, 1.807) is 18.2 Å². The first-order chi connectivity index (χ1) is 16.1. The molecule has 7 nitrogen and oxygen atoms in total. The predicted molar refractivity (Wildman–Crippen MR) is 129 cm³/mol. The van der Waals surface area contributed by atoms with E-state index in [4.69, 9.17) is 4.74 Å². The van der Waals surface area contributed by atoms with Crippen LogP contribution in [0, 0.1) is 12.7 Å². The Morgan fingerprint density at radius 3 is 2.47 bits per heavy atom. The first kappa shape index (κ1) is 25.0. The van der Waals surface area contributed by atoms with Gasteiger partial charge in [-0.2, -0.15) is 9.78 Å². The van der Waals surface area contributed by atoms with Crippen molar-refractivity contribution < 1.29 is 18.7 Å². The number of para-hydroxylation sites is 1. The Hall–Kier alpha value is -3.68. The van der Waals surface area contributed by atoms with E-state index in [0.29, 0.717) is 0 Å². The van der Waals surface area contributed by atoms with Gasteiger partial charge in [-0.1, -0.05) is 43.3 Å². The van der Waals surface area contributed by atoms with Crippen molar-refractivity contribution in [3.05, 3.63) is 77.2 Å². The van der Waals surface area contributed by atoms with Gasteiger partial charge in [-0.3, -0.25) is 9.59 Å². The van der Waals surface area contributed by atoms with Gasteiger partial charge in [0.1, 0.15) is 11.5 Å². The molecule has 0 aliphatic rings. The fraction of sp³-hybridized carbons (Fsp3) is 0.346. The molecule has 0 unspecified atom stereocenters. The van der Waals surface area contributed by atoms with E-state index >= 15 is 0 Å². The van der Waals surface area contributed by atoms with Crippen LogP contribution in [0.25, 0.3) is 5.69 Å². The van der Waals surface area contributed by atoms with Crippen molar-refractivity contribution in [3.63, 3.8) is 0 Å². The van der Waals surface area contributed by atoms with Crippen molar-refractivity contribution in [1.29, 1.82) is 0 Å². The van der Waals surface area contributed by atoms with Crippen LogP contribution in [0.4, 0.5) is 4.39 Å². The van der Waals surface area contributed by atoms with Gasteiger partial charge in [-0.25, -0.2) is 4.39 Å². The molecule has 0 fully saturated rings. The van der Waals surface area contributed by atoms with Gasteiger partial charge in [-0.15, -0.1) is 0 Å². The number of amides is 2. The number of hydrogen-bond donors (Lipinski definition) is 2. The molecule has 0 saturated heterocycles. The standard InChI is InChI=1S/C26H31FN4O3/c1-6-26(3,4)29-23(32)15-20(18-12-8-7-11-17(18)2)28-25(33)21-16-24(34-5)31(30-21)22-14-10-9-13-19(22)27/h7-14,16,20H,6,15H2,1-5H3,(H,28,33)(H,29,32)/t20-/m0/s1. The molecule has 0 bridgehead atoms. The highest BCUT2D eigenvalue weighted by atomic mass is 19.1. The van der Waals surface area contributed by atoms with E-state index in [-0.39, 0.29) is 35.1 Å². The highest BCUT2D eigenvalue weighted by Gasteiger charge is 2.26. The second-order valence-corrected chi connectivity index (χ2v) is 8.81. The van der Waals surface area contributed by atoms with Crippen molar-refractivity contribution in [3.8, 4) is 11.6 Å². The summed E-state index contributed by atoms with van der Waals surface area (Å²) in [6.07, 6.45) is 0.832. The lowest BCUT2D eigenvalue weighted by Crippen LogP contribution is -2.44. The highest BCUT2D eigenvalue weighted by molar-refractivity contribution is 5.93. The van der Waals surface area contributed by atoms with Crippen LogP contribution in [0.5, 0.6) is 5.88 Å². The first-order valence-electron chi connectivity index (χ1n) is 11.2. The number of hydrogen-bond acceptors (Lipinski definition) is 4. The van der Waals surface area contributed by atoms with Crippen LogP contribution in [-0.2, 0) is 4.79 Å². The molecule has 0 spiro atoms. The third kappa shape index (κ3) is 5.81. The third-order valence-corrected chi connectivity index (χ3v) is 5.82. The molecule has 2 amide bonds. The predicted octanol–water partition coefficient (Wildman–Crippen LogP) is 4.49. The van der Waals surface area contributed by atoms with Crippen molar-refractivity contribution in [2.75, 3.05) is 7.11 Å². The van der Waals surface area contributed by atoms with Crippen LogP contribution in [0.1, 0.15) is 61.3 Å². The van der Waals surface area contributed by atoms with Crippen LogP contribution in [0.3, 0.4) is 0 Å². The Balaban J connectivity index is 1.89. The quantitative estimate of drug-likeness (QED) is 0.486. The largest absolute Gasteiger partial charge is 0.481 e. The molecule has 0 aliphatic heterocycles. The zero-order valence-electron chi connectivity index (χ0n) is 20.2. The normalized spacial score (nSPS) is 12.2. The van der Waals surface area contributed by atoms with E-state index in [1.807, 2.05) is 52.0 Å². The monoisotopic (exact) mass is 466 g/mol. The molecule has 0 radical (unpaired) electrons. The van der Waals surface area contributed by atoms with E-state index in [1.165, 1.54) is 23.9 Å². The van der Waals surface area contributed by atoms with Gasteiger partial charge in [0.05, 0.1) is 19.6 Å². The fourth-order valence-electron chi connectivity index (χ4n) is 3.57. The number of nitrogens with one attached hydrogen (secondary N) is 2.